The number of halogens is 1. The van der Waals surface area contributed by atoms with Crippen LogP contribution in [0.4, 0.5) is 5.69 Å². The smallest absolute Gasteiger partial charge is 0.101 e. The fourth-order valence-corrected chi connectivity index (χ4v) is 1.80. The minimum absolute atomic E-state index is 0.725. The fourth-order valence-electron chi connectivity index (χ4n) is 1.44. The van der Waals surface area contributed by atoms with Crippen LogP contribution in [0.15, 0.2) is 22.7 Å². The molecule has 14 heavy (non-hydrogen) atoms. The van der Waals surface area contributed by atoms with Crippen molar-refractivity contribution < 1.29 is 0 Å². The Bertz CT molecular complexity index is 351. The molecule has 0 aromatic heterocycles. The third kappa shape index (κ3) is 2.27. The van der Waals surface area contributed by atoms with Crippen LogP contribution in [-0.4, -0.2) is 13.1 Å². The van der Waals surface area contributed by atoms with Crippen LogP contribution in [0.1, 0.15) is 19.4 Å². The largest absolute Gasteiger partial charge is 0.371 e. The van der Waals surface area contributed by atoms with E-state index in [1.54, 1.807) is 0 Å². The average Bonchev–Trinajstić information content (AvgIpc) is 2.21. The van der Waals surface area contributed by atoms with Crippen molar-refractivity contribution in [3.63, 3.8) is 0 Å². The normalized spacial score (nSPS) is 9.57. The van der Waals surface area contributed by atoms with E-state index in [1.807, 2.05) is 18.2 Å². The number of nitriles is 1. The summed E-state index contributed by atoms with van der Waals surface area (Å²) in [6.07, 6.45) is 0. The molecule has 0 fully saturated rings. The maximum atomic E-state index is 8.99. The Balaban J connectivity index is 3.14. The van der Waals surface area contributed by atoms with Gasteiger partial charge in [0.2, 0.25) is 0 Å². The molecule has 0 unspecified atom stereocenters. The van der Waals surface area contributed by atoms with E-state index in [4.69, 9.17) is 5.26 Å². The molecule has 0 heterocycles. The summed E-state index contributed by atoms with van der Waals surface area (Å²) in [7, 11) is 0. The maximum Gasteiger partial charge on any atom is 0.101 e. The lowest BCUT2D eigenvalue weighted by atomic mass is 10.2. The molecule has 1 rings (SSSR count). The van der Waals surface area contributed by atoms with Crippen LogP contribution in [-0.2, 0) is 0 Å². The summed E-state index contributed by atoms with van der Waals surface area (Å²) in [6, 6.07) is 8.02. The zero-order valence-corrected chi connectivity index (χ0v) is 10.0. The van der Waals surface area contributed by atoms with Gasteiger partial charge in [-0.3, -0.25) is 0 Å². The van der Waals surface area contributed by atoms with Gasteiger partial charge in [0.05, 0.1) is 11.3 Å². The van der Waals surface area contributed by atoms with Gasteiger partial charge in [0.25, 0.3) is 0 Å². The summed E-state index contributed by atoms with van der Waals surface area (Å²) >= 11 is 3.36. The topological polar surface area (TPSA) is 27.0 Å². The van der Waals surface area contributed by atoms with Crippen molar-refractivity contribution in [2.45, 2.75) is 13.8 Å². The van der Waals surface area contributed by atoms with Crippen molar-refractivity contribution in [1.29, 1.82) is 5.26 Å². The fraction of sp³-hybridized carbons (Fsp3) is 0.364. The van der Waals surface area contributed by atoms with Crippen molar-refractivity contribution in [2.75, 3.05) is 18.0 Å². The molecule has 1 aromatic rings. The third-order valence-corrected chi connectivity index (χ3v) is 2.68. The molecule has 1 aromatic carbocycles. The van der Waals surface area contributed by atoms with Gasteiger partial charge in [-0.25, -0.2) is 0 Å². The molecule has 0 N–H and O–H groups in total. The summed E-state index contributed by atoms with van der Waals surface area (Å²) in [5, 5.41) is 8.99. The van der Waals surface area contributed by atoms with Crippen LogP contribution in [0.2, 0.25) is 0 Å². The number of benzene rings is 1. The lowest BCUT2D eigenvalue weighted by Crippen LogP contribution is -2.22. The highest BCUT2D eigenvalue weighted by atomic mass is 79.9. The monoisotopic (exact) mass is 252 g/mol. The first-order chi connectivity index (χ1) is 6.72. The van der Waals surface area contributed by atoms with Crippen molar-refractivity contribution in [3.8, 4) is 6.07 Å². The van der Waals surface area contributed by atoms with Crippen LogP contribution < -0.4 is 4.90 Å². The molecule has 0 saturated carbocycles. The Hall–Kier alpha value is -1.01. The van der Waals surface area contributed by atoms with Crippen LogP contribution in [0.3, 0.4) is 0 Å². The predicted octanol–water partition coefficient (Wildman–Crippen LogP) is 3.17. The molecule has 0 aliphatic carbocycles. The summed E-state index contributed by atoms with van der Waals surface area (Å²) < 4.78 is 0.949. The predicted molar refractivity (Wildman–Crippen MR) is 62.4 cm³/mol. The first-order valence-electron chi connectivity index (χ1n) is 4.67. The Kier molecular flexibility index (Phi) is 3.97. The van der Waals surface area contributed by atoms with Crippen molar-refractivity contribution in [1.82, 2.24) is 0 Å². The molecule has 0 amide bonds. The molecular formula is C11H13BrN2. The second kappa shape index (κ2) is 5.02. The molecule has 2 nitrogen and oxygen atoms in total. The van der Waals surface area contributed by atoms with E-state index in [0.29, 0.717) is 0 Å². The van der Waals surface area contributed by atoms with E-state index in [1.165, 1.54) is 0 Å². The summed E-state index contributed by atoms with van der Waals surface area (Å²) in [6.45, 7) is 6.03. The Labute approximate surface area is 93.3 Å². The Morgan fingerprint density at radius 1 is 1.36 bits per heavy atom. The minimum atomic E-state index is 0.725. The average molecular weight is 253 g/mol. The Morgan fingerprint density at radius 2 is 2.00 bits per heavy atom. The van der Waals surface area contributed by atoms with Crippen LogP contribution in [0.5, 0.6) is 0 Å². The molecule has 0 radical (unpaired) electrons. The zero-order chi connectivity index (χ0) is 10.6. The van der Waals surface area contributed by atoms with Crippen molar-refractivity contribution in [2.24, 2.45) is 0 Å². The number of nitrogens with zero attached hydrogens (tertiary/aromatic N) is 2. The van der Waals surface area contributed by atoms with E-state index in [-0.39, 0.29) is 0 Å². The van der Waals surface area contributed by atoms with E-state index < -0.39 is 0 Å². The molecule has 0 atom stereocenters. The molecule has 74 valence electrons. The molecule has 3 heteroatoms. The van der Waals surface area contributed by atoms with E-state index in [9.17, 15) is 0 Å². The third-order valence-electron chi connectivity index (χ3n) is 2.18. The van der Waals surface area contributed by atoms with Crippen LogP contribution in [0.25, 0.3) is 0 Å². The summed E-state index contributed by atoms with van der Waals surface area (Å²) in [4.78, 5) is 2.17. The lowest BCUT2D eigenvalue weighted by Gasteiger charge is -2.22. The maximum absolute atomic E-state index is 8.99. The second-order valence-electron chi connectivity index (χ2n) is 2.95. The van der Waals surface area contributed by atoms with Crippen molar-refractivity contribution in [3.05, 3.63) is 28.2 Å². The highest BCUT2D eigenvalue weighted by Crippen LogP contribution is 2.23. The lowest BCUT2D eigenvalue weighted by molar-refractivity contribution is 0.864. The number of rotatable bonds is 3. The van der Waals surface area contributed by atoms with Crippen LogP contribution >= 0.6 is 15.9 Å². The summed E-state index contributed by atoms with van der Waals surface area (Å²) in [5.41, 5.74) is 1.74. The molecule has 0 spiro atoms. The first-order valence-corrected chi connectivity index (χ1v) is 5.46. The standard InChI is InChI=1S/C11H13BrN2/c1-3-14(4-2)11-6-5-10(12)7-9(11)8-13/h5-7H,3-4H2,1-2H3. The molecule has 0 bridgehead atoms. The first kappa shape index (κ1) is 11.1. The van der Waals surface area contributed by atoms with Gasteiger partial charge in [-0.1, -0.05) is 15.9 Å². The van der Waals surface area contributed by atoms with Gasteiger partial charge in [-0.2, -0.15) is 5.26 Å². The number of hydrogen-bond acceptors (Lipinski definition) is 2. The zero-order valence-electron chi connectivity index (χ0n) is 8.42. The van der Waals surface area contributed by atoms with Gasteiger partial charge in [0.1, 0.15) is 6.07 Å². The highest BCUT2D eigenvalue weighted by molar-refractivity contribution is 9.10. The van der Waals surface area contributed by atoms with Gasteiger partial charge in [0.15, 0.2) is 0 Å². The van der Waals surface area contributed by atoms with Gasteiger partial charge in [-0.15, -0.1) is 0 Å². The molecule has 0 aliphatic rings. The number of anilines is 1. The van der Waals surface area contributed by atoms with Crippen LogP contribution in [0, 0.1) is 11.3 Å². The molecular weight excluding hydrogens is 240 g/mol. The summed E-state index contributed by atoms with van der Waals surface area (Å²) in [5.74, 6) is 0. The minimum Gasteiger partial charge on any atom is -0.371 e. The molecule has 0 aliphatic heterocycles. The van der Waals surface area contributed by atoms with Gasteiger partial charge in [0, 0.05) is 17.6 Å². The quantitative estimate of drug-likeness (QED) is 0.827. The van der Waals surface area contributed by atoms with Gasteiger partial charge >= 0.3 is 0 Å². The van der Waals surface area contributed by atoms with Gasteiger partial charge < -0.3 is 4.90 Å². The highest BCUT2D eigenvalue weighted by Gasteiger charge is 2.07. The van der Waals surface area contributed by atoms with E-state index >= 15 is 0 Å². The van der Waals surface area contributed by atoms with E-state index in [0.717, 1.165) is 28.8 Å². The van der Waals surface area contributed by atoms with E-state index in [2.05, 4.69) is 40.7 Å². The second-order valence-corrected chi connectivity index (χ2v) is 3.86. The Morgan fingerprint density at radius 3 is 2.50 bits per heavy atom. The number of hydrogen-bond donors (Lipinski definition) is 0. The SMILES string of the molecule is CCN(CC)c1ccc(Br)cc1C#N. The van der Waals surface area contributed by atoms with Crippen molar-refractivity contribution >= 4 is 21.6 Å². The van der Waals surface area contributed by atoms with Gasteiger partial charge in [-0.05, 0) is 32.0 Å². The molecule has 0 saturated heterocycles.